The molecule has 0 radical (unpaired) electrons. The number of amides is 1. The van der Waals surface area contributed by atoms with E-state index in [9.17, 15) is 13.6 Å². The zero-order valence-electron chi connectivity index (χ0n) is 8.52. The standard InChI is InChI=1S/C10H10BrF2NO2/c1-16-3-2-14-10(15)9-7(12)4-6(11)5-8(9)13/h4-5H,2-3H2,1H3,(H,14,15). The fourth-order valence-electron chi connectivity index (χ4n) is 1.11. The van der Waals surface area contributed by atoms with E-state index in [4.69, 9.17) is 4.74 Å². The predicted molar refractivity (Wildman–Crippen MR) is 58.3 cm³/mol. The summed E-state index contributed by atoms with van der Waals surface area (Å²) in [6.07, 6.45) is 0. The number of carbonyl (C=O) groups is 1. The molecular formula is C10H10BrF2NO2. The largest absolute Gasteiger partial charge is 0.383 e. The normalized spacial score (nSPS) is 10.2. The molecule has 1 rings (SSSR count). The van der Waals surface area contributed by atoms with Crippen molar-refractivity contribution in [2.75, 3.05) is 20.3 Å². The van der Waals surface area contributed by atoms with Gasteiger partial charge in [-0.1, -0.05) is 15.9 Å². The van der Waals surface area contributed by atoms with Crippen molar-refractivity contribution in [1.82, 2.24) is 5.32 Å². The summed E-state index contributed by atoms with van der Waals surface area (Å²) in [5.41, 5.74) is -0.584. The molecule has 6 heteroatoms. The van der Waals surface area contributed by atoms with E-state index in [1.165, 1.54) is 7.11 Å². The molecule has 0 atom stereocenters. The van der Waals surface area contributed by atoms with Gasteiger partial charge in [-0.25, -0.2) is 8.78 Å². The second-order valence-electron chi connectivity index (χ2n) is 2.99. The van der Waals surface area contributed by atoms with Crippen LogP contribution in [-0.4, -0.2) is 26.2 Å². The van der Waals surface area contributed by atoms with Gasteiger partial charge in [0, 0.05) is 18.1 Å². The van der Waals surface area contributed by atoms with Crippen molar-refractivity contribution >= 4 is 21.8 Å². The summed E-state index contributed by atoms with van der Waals surface area (Å²) in [6, 6.07) is 2.07. The van der Waals surface area contributed by atoms with Crippen molar-refractivity contribution in [1.29, 1.82) is 0 Å². The quantitative estimate of drug-likeness (QED) is 0.864. The van der Waals surface area contributed by atoms with Crippen LogP contribution in [0.2, 0.25) is 0 Å². The van der Waals surface area contributed by atoms with Gasteiger partial charge in [0.1, 0.15) is 17.2 Å². The lowest BCUT2D eigenvalue weighted by atomic mass is 10.2. The van der Waals surface area contributed by atoms with Gasteiger partial charge in [-0.15, -0.1) is 0 Å². The number of carbonyl (C=O) groups excluding carboxylic acids is 1. The third-order valence-electron chi connectivity index (χ3n) is 1.83. The molecule has 1 amide bonds. The third-order valence-corrected chi connectivity index (χ3v) is 2.28. The maximum absolute atomic E-state index is 13.3. The van der Waals surface area contributed by atoms with Gasteiger partial charge >= 0.3 is 0 Å². The van der Waals surface area contributed by atoms with Gasteiger partial charge in [-0.05, 0) is 12.1 Å². The first-order valence-corrected chi connectivity index (χ1v) is 5.27. The number of benzene rings is 1. The van der Waals surface area contributed by atoms with Crippen LogP contribution < -0.4 is 5.32 Å². The smallest absolute Gasteiger partial charge is 0.257 e. The van der Waals surface area contributed by atoms with Crippen LogP contribution in [0.4, 0.5) is 8.78 Å². The Kier molecular flexibility index (Phi) is 4.82. The molecule has 0 heterocycles. The molecule has 0 saturated heterocycles. The van der Waals surface area contributed by atoms with Crippen LogP contribution in [0, 0.1) is 11.6 Å². The molecule has 16 heavy (non-hydrogen) atoms. The summed E-state index contributed by atoms with van der Waals surface area (Å²) in [5, 5.41) is 2.34. The van der Waals surface area contributed by atoms with Crippen molar-refractivity contribution in [2.45, 2.75) is 0 Å². The number of hydrogen-bond donors (Lipinski definition) is 1. The maximum atomic E-state index is 13.3. The Hall–Kier alpha value is -1.01. The lowest BCUT2D eigenvalue weighted by Crippen LogP contribution is -2.28. The molecule has 0 saturated carbocycles. The van der Waals surface area contributed by atoms with E-state index in [2.05, 4.69) is 21.2 Å². The van der Waals surface area contributed by atoms with E-state index in [1.807, 2.05) is 0 Å². The average molecular weight is 294 g/mol. The number of rotatable bonds is 4. The average Bonchev–Trinajstić information content (AvgIpc) is 2.16. The second-order valence-corrected chi connectivity index (χ2v) is 3.91. The first-order valence-electron chi connectivity index (χ1n) is 4.48. The molecular weight excluding hydrogens is 284 g/mol. The van der Waals surface area contributed by atoms with Crippen molar-refractivity contribution in [3.8, 4) is 0 Å². The minimum absolute atomic E-state index is 0.199. The number of ether oxygens (including phenoxy) is 1. The highest BCUT2D eigenvalue weighted by atomic mass is 79.9. The highest BCUT2D eigenvalue weighted by molar-refractivity contribution is 9.10. The second kappa shape index (κ2) is 5.91. The van der Waals surface area contributed by atoms with Crippen LogP contribution in [0.5, 0.6) is 0 Å². The Morgan fingerprint density at radius 2 is 2.00 bits per heavy atom. The fraction of sp³-hybridized carbons (Fsp3) is 0.300. The minimum Gasteiger partial charge on any atom is -0.383 e. The first kappa shape index (κ1) is 13.1. The van der Waals surface area contributed by atoms with Crippen molar-refractivity contribution < 1.29 is 18.3 Å². The molecule has 3 nitrogen and oxygen atoms in total. The summed E-state index contributed by atoms with van der Waals surface area (Å²) in [7, 11) is 1.47. The van der Waals surface area contributed by atoms with Crippen LogP contribution in [0.25, 0.3) is 0 Å². The van der Waals surface area contributed by atoms with Gasteiger partial charge in [-0.3, -0.25) is 4.79 Å². The molecule has 0 spiro atoms. The van der Waals surface area contributed by atoms with E-state index in [-0.39, 0.29) is 17.6 Å². The summed E-state index contributed by atoms with van der Waals surface area (Å²) < 4.78 is 31.6. The van der Waals surface area contributed by atoms with E-state index >= 15 is 0 Å². The van der Waals surface area contributed by atoms with Crippen molar-refractivity contribution in [3.05, 3.63) is 33.8 Å². The predicted octanol–water partition coefficient (Wildman–Crippen LogP) is 2.10. The molecule has 1 N–H and O–H groups in total. The van der Waals surface area contributed by atoms with Crippen LogP contribution in [0.15, 0.2) is 16.6 Å². The number of hydrogen-bond acceptors (Lipinski definition) is 2. The highest BCUT2D eigenvalue weighted by Gasteiger charge is 2.17. The van der Waals surface area contributed by atoms with Gasteiger partial charge in [0.15, 0.2) is 0 Å². The topological polar surface area (TPSA) is 38.3 Å². The first-order chi connectivity index (χ1) is 7.56. The molecule has 0 fully saturated rings. The number of halogens is 3. The van der Waals surface area contributed by atoms with E-state index in [1.54, 1.807) is 0 Å². The molecule has 88 valence electrons. The summed E-state index contributed by atoms with van der Waals surface area (Å²) in [4.78, 5) is 11.4. The van der Waals surface area contributed by atoms with Crippen molar-refractivity contribution in [2.24, 2.45) is 0 Å². The highest BCUT2D eigenvalue weighted by Crippen LogP contribution is 2.19. The van der Waals surface area contributed by atoms with Crippen molar-refractivity contribution in [3.63, 3.8) is 0 Å². The molecule has 0 aliphatic heterocycles. The zero-order chi connectivity index (χ0) is 12.1. The third kappa shape index (κ3) is 3.24. The van der Waals surface area contributed by atoms with Gasteiger partial charge in [0.2, 0.25) is 0 Å². The van der Waals surface area contributed by atoms with Crippen LogP contribution in [0.1, 0.15) is 10.4 Å². The Labute approximate surface area is 99.9 Å². The molecule has 0 aromatic heterocycles. The summed E-state index contributed by atoms with van der Waals surface area (Å²) >= 11 is 2.93. The molecule has 0 aliphatic rings. The van der Waals surface area contributed by atoms with Gasteiger partial charge in [0.25, 0.3) is 5.91 Å². The van der Waals surface area contributed by atoms with Gasteiger partial charge in [-0.2, -0.15) is 0 Å². The number of nitrogens with one attached hydrogen (secondary N) is 1. The lowest BCUT2D eigenvalue weighted by Gasteiger charge is -2.06. The number of methoxy groups -OCH3 is 1. The summed E-state index contributed by atoms with van der Waals surface area (Å²) in [6.45, 7) is 0.482. The Morgan fingerprint density at radius 3 is 2.50 bits per heavy atom. The maximum Gasteiger partial charge on any atom is 0.257 e. The van der Waals surface area contributed by atoms with E-state index in [0.717, 1.165) is 12.1 Å². The fourth-order valence-corrected chi connectivity index (χ4v) is 1.52. The van der Waals surface area contributed by atoms with Gasteiger partial charge < -0.3 is 10.1 Å². The molecule has 1 aromatic rings. The Balaban J connectivity index is 2.83. The monoisotopic (exact) mass is 293 g/mol. The molecule has 0 bridgehead atoms. The van der Waals surface area contributed by atoms with Crippen LogP contribution in [0.3, 0.4) is 0 Å². The van der Waals surface area contributed by atoms with Gasteiger partial charge in [0.05, 0.1) is 6.61 Å². The van der Waals surface area contributed by atoms with Crippen LogP contribution >= 0.6 is 15.9 Å². The minimum atomic E-state index is -0.901. The lowest BCUT2D eigenvalue weighted by molar-refractivity contribution is 0.0928. The SMILES string of the molecule is COCCNC(=O)c1c(F)cc(Br)cc1F. The molecule has 1 aromatic carbocycles. The van der Waals surface area contributed by atoms with E-state index in [0.29, 0.717) is 0 Å². The zero-order valence-corrected chi connectivity index (χ0v) is 10.1. The Morgan fingerprint density at radius 1 is 1.44 bits per heavy atom. The molecule has 0 aliphatic carbocycles. The van der Waals surface area contributed by atoms with E-state index < -0.39 is 23.1 Å². The van der Waals surface area contributed by atoms with Crippen LogP contribution in [-0.2, 0) is 4.74 Å². The summed E-state index contributed by atoms with van der Waals surface area (Å²) in [5.74, 6) is -2.59. The molecule has 0 unspecified atom stereocenters. The Bertz CT molecular complexity index is 375.